The molecule has 1 saturated carbocycles. The van der Waals surface area contributed by atoms with E-state index < -0.39 is 0 Å². The minimum absolute atomic E-state index is 0.00882. The van der Waals surface area contributed by atoms with Crippen molar-refractivity contribution < 1.29 is 9.53 Å². The van der Waals surface area contributed by atoms with E-state index in [0.29, 0.717) is 12.6 Å². The highest BCUT2D eigenvalue weighted by Crippen LogP contribution is 2.25. The Morgan fingerprint density at radius 1 is 1.24 bits per heavy atom. The van der Waals surface area contributed by atoms with Gasteiger partial charge in [-0.25, -0.2) is 0 Å². The molecule has 1 aromatic rings. The molecule has 0 amide bonds. The Balaban J connectivity index is 1.79. The zero-order valence-corrected chi connectivity index (χ0v) is 13.4. The van der Waals surface area contributed by atoms with Crippen molar-refractivity contribution in [2.45, 2.75) is 59.0 Å². The highest BCUT2D eigenvalue weighted by atomic mass is 16.5. The molecule has 3 nitrogen and oxygen atoms in total. The first kappa shape index (κ1) is 16.0. The van der Waals surface area contributed by atoms with Crippen LogP contribution in [0.1, 0.15) is 49.3 Å². The van der Waals surface area contributed by atoms with Crippen molar-refractivity contribution in [2.24, 2.45) is 5.92 Å². The lowest BCUT2D eigenvalue weighted by molar-refractivity contribution is -0.149. The maximum Gasteiger partial charge on any atom is 0.308 e. The Kier molecular flexibility index (Phi) is 5.80. The van der Waals surface area contributed by atoms with Crippen molar-refractivity contribution in [3.05, 3.63) is 34.9 Å². The van der Waals surface area contributed by atoms with Crippen LogP contribution in [0.25, 0.3) is 0 Å². The van der Waals surface area contributed by atoms with Gasteiger partial charge in [-0.1, -0.05) is 23.8 Å². The maximum atomic E-state index is 11.7. The number of hydrogen-bond donors (Lipinski definition) is 1. The second-order valence-corrected chi connectivity index (χ2v) is 6.11. The van der Waals surface area contributed by atoms with Crippen LogP contribution in [0.5, 0.6) is 0 Å². The quantitative estimate of drug-likeness (QED) is 0.843. The van der Waals surface area contributed by atoms with Crippen LogP contribution in [0.4, 0.5) is 0 Å². The lowest BCUT2D eigenvalue weighted by Gasteiger charge is -2.28. The summed E-state index contributed by atoms with van der Waals surface area (Å²) in [6.07, 6.45) is 4.02. The van der Waals surface area contributed by atoms with E-state index in [4.69, 9.17) is 4.74 Å². The molecular weight excluding hydrogens is 262 g/mol. The van der Waals surface area contributed by atoms with Crippen LogP contribution in [0.2, 0.25) is 0 Å². The van der Waals surface area contributed by atoms with Crippen molar-refractivity contribution in [2.75, 3.05) is 6.61 Å². The van der Waals surface area contributed by atoms with E-state index in [-0.39, 0.29) is 11.9 Å². The van der Waals surface area contributed by atoms with Crippen molar-refractivity contribution in [1.82, 2.24) is 5.32 Å². The first-order valence-corrected chi connectivity index (χ1v) is 8.06. The summed E-state index contributed by atoms with van der Waals surface area (Å²) in [6.45, 7) is 7.57. The van der Waals surface area contributed by atoms with Crippen molar-refractivity contribution in [3.8, 4) is 0 Å². The number of hydrogen-bond acceptors (Lipinski definition) is 3. The van der Waals surface area contributed by atoms with Crippen molar-refractivity contribution in [1.29, 1.82) is 0 Å². The molecule has 0 aliphatic heterocycles. The van der Waals surface area contributed by atoms with E-state index in [1.165, 1.54) is 16.7 Å². The smallest absolute Gasteiger partial charge is 0.308 e. The molecule has 1 fully saturated rings. The predicted molar refractivity (Wildman–Crippen MR) is 85.1 cm³/mol. The summed E-state index contributed by atoms with van der Waals surface area (Å²) in [5, 5.41) is 3.65. The van der Waals surface area contributed by atoms with Gasteiger partial charge in [0.25, 0.3) is 0 Å². The van der Waals surface area contributed by atoms with E-state index in [1.54, 1.807) is 0 Å². The molecule has 0 bridgehead atoms. The van der Waals surface area contributed by atoms with E-state index >= 15 is 0 Å². The number of carbonyl (C=O) groups excluding carboxylic acids is 1. The van der Waals surface area contributed by atoms with Gasteiger partial charge in [0.1, 0.15) is 0 Å². The number of nitrogens with one attached hydrogen (secondary N) is 1. The summed E-state index contributed by atoms with van der Waals surface area (Å²) < 4.78 is 5.12. The Morgan fingerprint density at radius 2 is 1.95 bits per heavy atom. The fourth-order valence-corrected chi connectivity index (χ4v) is 3.04. The summed E-state index contributed by atoms with van der Waals surface area (Å²) in [5.41, 5.74) is 4.03. The van der Waals surface area contributed by atoms with Gasteiger partial charge in [-0.15, -0.1) is 0 Å². The molecule has 1 aliphatic carbocycles. The number of aryl methyl sites for hydroxylation is 2. The molecule has 0 aromatic heterocycles. The summed E-state index contributed by atoms with van der Waals surface area (Å²) >= 11 is 0. The highest BCUT2D eigenvalue weighted by molar-refractivity contribution is 5.72. The van der Waals surface area contributed by atoms with Crippen LogP contribution in [-0.4, -0.2) is 18.6 Å². The molecule has 0 unspecified atom stereocenters. The average Bonchev–Trinajstić information content (AvgIpc) is 2.49. The fraction of sp³-hybridized carbons (Fsp3) is 0.611. The van der Waals surface area contributed by atoms with Gasteiger partial charge in [-0.05, 0) is 57.6 Å². The molecule has 2 rings (SSSR count). The summed E-state index contributed by atoms with van der Waals surface area (Å²) in [5.74, 6) is 0.106. The zero-order valence-electron chi connectivity index (χ0n) is 13.4. The number of carbonyl (C=O) groups is 1. The number of esters is 1. The van der Waals surface area contributed by atoms with E-state index in [9.17, 15) is 4.79 Å². The SMILES string of the molecule is CCOC(=O)C1CCC(NCc2cc(C)ccc2C)CC1. The molecule has 3 heteroatoms. The molecule has 0 atom stereocenters. The lowest BCUT2D eigenvalue weighted by atomic mass is 9.86. The Labute approximate surface area is 128 Å². The Morgan fingerprint density at radius 3 is 2.62 bits per heavy atom. The van der Waals surface area contributed by atoms with E-state index in [2.05, 4.69) is 37.4 Å². The number of ether oxygens (including phenoxy) is 1. The summed E-state index contributed by atoms with van der Waals surface area (Å²) in [6, 6.07) is 7.12. The summed E-state index contributed by atoms with van der Waals surface area (Å²) in [4.78, 5) is 11.7. The number of rotatable bonds is 5. The first-order valence-electron chi connectivity index (χ1n) is 8.06. The average molecular weight is 289 g/mol. The molecule has 0 saturated heterocycles. The molecule has 116 valence electrons. The second-order valence-electron chi connectivity index (χ2n) is 6.11. The normalized spacial score (nSPS) is 22.0. The predicted octanol–water partition coefficient (Wildman–Crippen LogP) is 3.51. The minimum Gasteiger partial charge on any atom is -0.466 e. The maximum absolute atomic E-state index is 11.7. The largest absolute Gasteiger partial charge is 0.466 e. The summed E-state index contributed by atoms with van der Waals surface area (Å²) in [7, 11) is 0. The molecular formula is C18H27NO2. The van der Waals surface area contributed by atoms with Crippen LogP contribution < -0.4 is 5.32 Å². The monoisotopic (exact) mass is 289 g/mol. The van der Waals surface area contributed by atoms with Crippen LogP contribution in [0.3, 0.4) is 0 Å². The van der Waals surface area contributed by atoms with E-state index in [0.717, 1.165) is 32.2 Å². The molecule has 0 radical (unpaired) electrons. The third-order valence-corrected chi connectivity index (χ3v) is 4.43. The van der Waals surface area contributed by atoms with Crippen LogP contribution in [0.15, 0.2) is 18.2 Å². The topological polar surface area (TPSA) is 38.3 Å². The first-order chi connectivity index (χ1) is 10.1. The van der Waals surface area contributed by atoms with Crippen LogP contribution >= 0.6 is 0 Å². The third kappa shape index (κ3) is 4.57. The molecule has 1 aliphatic rings. The van der Waals surface area contributed by atoms with Gasteiger partial charge < -0.3 is 10.1 Å². The van der Waals surface area contributed by atoms with Gasteiger partial charge in [-0.2, -0.15) is 0 Å². The zero-order chi connectivity index (χ0) is 15.2. The van der Waals surface area contributed by atoms with Gasteiger partial charge in [0.05, 0.1) is 12.5 Å². The van der Waals surface area contributed by atoms with Gasteiger partial charge >= 0.3 is 5.97 Å². The second kappa shape index (κ2) is 7.60. The minimum atomic E-state index is -0.00882. The lowest BCUT2D eigenvalue weighted by Crippen LogP contribution is -2.35. The molecule has 0 spiro atoms. The van der Waals surface area contributed by atoms with E-state index in [1.807, 2.05) is 6.92 Å². The van der Waals surface area contributed by atoms with Gasteiger partial charge in [0, 0.05) is 12.6 Å². The highest BCUT2D eigenvalue weighted by Gasteiger charge is 2.26. The van der Waals surface area contributed by atoms with Gasteiger partial charge in [-0.3, -0.25) is 4.79 Å². The molecule has 1 N–H and O–H groups in total. The van der Waals surface area contributed by atoms with Crippen molar-refractivity contribution in [3.63, 3.8) is 0 Å². The Hall–Kier alpha value is -1.35. The molecule has 0 heterocycles. The fourth-order valence-electron chi connectivity index (χ4n) is 3.04. The molecule has 1 aromatic carbocycles. The van der Waals surface area contributed by atoms with Crippen LogP contribution in [0, 0.1) is 19.8 Å². The Bertz CT molecular complexity index is 476. The van der Waals surface area contributed by atoms with Gasteiger partial charge in [0.2, 0.25) is 0 Å². The van der Waals surface area contributed by atoms with Crippen LogP contribution in [-0.2, 0) is 16.1 Å². The van der Waals surface area contributed by atoms with Crippen molar-refractivity contribution >= 4 is 5.97 Å². The van der Waals surface area contributed by atoms with Gasteiger partial charge in [0.15, 0.2) is 0 Å². The number of benzene rings is 1. The standard InChI is InChI=1S/C18H27NO2/c1-4-21-18(20)15-7-9-17(10-8-15)19-12-16-11-13(2)5-6-14(16)3/h5-6,11,15,17,19H,4,7-10,12H2,1-3H3. The third-order valence-electron chi connectivity index (χ3n) is 4.43. The molecule has 21 heavy (non-hydrogen) atoms.